The molecule has 2 aliphatic rings. The fourth-order valence-electron chi connectivity index (χ4n) is 2.79. The van der Waals surface area contributed by atoms with Crippen LogP contribution in [-0.4, -0.2) is 74.9 Å². The van der Waals surface area contributed by atoms with E-state index in [1.54, 1.807) is 7.11 Å². The van der Waals surface area contributed by atoms with Crippen molar-refractivity contribution < 1.29 is 19.3 Å². The van der Waals surface area contributed by atoms with Crippen LogP contribution in [0.4, 0.5) is 0 Å². The molecule has 0 aromatic rings. The highest BCUT2D eigenvalue weighted by Gasteiger charge is 2.21. The molecule has 0 spiro atoms. The van der Waals surface area contributed by atoms with Gasteiger partial charge in [-0.05, 0) is 25.7 Å². The number of likely N-dealkylation sites (tertiary alicyclic amines) is 1. The van der Waals surface area contributed by atoms with Gasteiger partial charge < -0.3 is 24.2 Å². The van der Waals surface area contributed by atoms with E-state index in [9.17, 15) is 5.11 Å². The average molecular weight is 273 g/mol. The van der Waals surface area contributed by atoms with Crippen molar-refractivity contribution in [1.29, 1.82) is 0 Å². The molecule has 2 heterocycles. The molecule has 5 heteroatoms. The molecule has 1 N–H and O–H groups in total. The quantitative estimate of drug-likeness (QED) is 0.738. The predicted octanol–water partition coefficient (Wildman–Crippen LogP) is 0.654. The monoisotopic (exact) mass is 273 g/mol. The molecule has 2 saturated heterocycles. The second kappa shape index (κ2) is 8.17. The van der Waals surface area contributed by atoms with E-state index in [2.05, 4.69) is 4.90 Å². The van der Waals surface area contributed by atoms with Crippen LogP contribution in [0.25, 0.3) is 0 Å². The summed E-state index contributed by atoms with van der Waals surface area (Å²) in [5, 5.41) is 9.96. The molecular weight excluding hydrogens is 246 g/mol. The van der Waals surface area contributed by atoms with Crippen molar-refractivity contribution >= 4 is 0 Å². The molecule has 5 nitrogen and oxygen atoms in total. The Labute approximate surface area is 115 Å². The second-order valence-corrected chi connectivity index (χ2v) is 5.56. The molecule has 2 aliphatic heterocycles. The molecule has 0 saturated carbocycles. The van der Waals surface area contributed by atoms with Crippen molar-refractivity contribution in [3.8, 4) is 0 Å². The lowest BCUT2D eigenvalue weighted by Gasteiger charge is -2.32. The number of β-amino-alcohol motifs (C(OH)–C–C–N with tert-alkyl or cyclic N) is 1. The van der Waals surface area contributed by atoms with Gasteiger partial charge in [0, 0.05) is 33.4 Å². The SMILES string of the molecule is COC1CCN(CC(O)COCC2CCCO2)CC1. The van der Waals surface area contributed by atoms with Crippen molar-refractivity contribution in [2.24, 2.45) is 0 Å². The molecule has 112 valence electrons. The first-order chi connectivity index (χ1) is 9.28. The lowest BCUT2D eigenvalue weighted by Crippen LogP contribution is -2.42. The van der Waals surface area contributed by atoms with Gasteiger partial charge in [-0.15, -0.1) is 0 Å². The fourth-order valence-corrected chi connectivity index (χ4v) is 2.79. The highest BCUT2D eigenvalue weighted by Crippen LogP contribution is 2.14. The van der Waals surface area contributed by atoms with Crippen LogP contribution in [0.2, 0.25) is 0 Å². The van der Waals surface area contributed by atoms with Crippen LogP contribution in [0.5, 0.6) is 0 Å². The third-order valence-corrected chi connectivity index (χ3v) is 3.97. The molecule has 2 fully saturated rings. The molecular formula is C14H27NO4. The predicted molar refractivity (Wildman–Crippen MR) is 72.3 cm³/mol. The zero-order valence-corrected chi connectivity index (χ0v) is 11.9. The summed E-state index contributed by atoms with van der Waals surface area (Å²) < 4.78 is 16.4. The first kappa shape index (κ1) is 15.2. The van der Waals surface area contributed by atoms with Gasteiger partial charge in [0.05, 0.1) is 31.5 Å². The van der Waals surface area contributed by atoms with Crippen LogP contribution in [0.3, 0.4) is 0 Å². The van der Waals surface area contributed by atoms with Gasteiger partial charge >= 0.3 is 0 Å². The normalized spacial score (nSPS) is 27.8. The van der Waals surface area contributed by atoms with Gasteiger partial charge in [0.1, 0.15) is 0 Å². The Hall–Kier alpha value is -0.200. The summed E-state index contributed by atoms with van der Waals surface area (Å²) in [6, 6.07) is 0. The maximum Gasteiger partial charge on any atom is 0.0900 e. The molecule has 2 rings (SSSR count). The maximum atomic E-state index is 9.96. The number of nitrogens with zero attached hydrogens (tertiary/aromatic N) is 1. The van der Waals surface area contributed by atoms with Crippen LogP contribution in [0, 0.1) is 0 Å². The molecule has 2 atom stereocenters. The highest BCUT2D eigenvalue weighted by atomic mass is 16.5. The number of hydrogen-bond donors (Lipinski definition) is 1. The van der Waals surface area contributed by atoms with Gasteiger partial charge in [-0.1, -0.05) is 0 Å². The molecule has 0 aromatic heterocycles. The maximum absolute atomic E-state index is 9.96. The standard InChI is InChI=1S/C14H27NO4/c1-17-13-4-6-15(7-5-13)9-12(16)10-18-11-14-3-2-8-19-14/h12-14,16H,2-11H2,1H3. The molecule has 2 unspecified atom stereocenters. The molecule has 0 bridgehead atoms. The van der Waals surface area contributed by atoms with Gasteiger partial charge in [-0.2, -0.15) is 0 Å². The van der Waals surface area contributed by atoms with Gasteiger partial charge in [0.25, 0.3) is 0 Å². The minimum Gasteiger partial charge on any atom is -0.389 e. The van der Waals surface area contributed by atoms with E-state index in [1.165, 1.54) is 0 Å². The topological polar surface area (TPSA) is 51.2 Å². The number of rotatable bonds is 7. The number of aliphatic hydroxyl groups is 1. The van der Waals surface area contributed by atoms with Crippen LogP contribution in [0.1, 0.15) is 25.7 Å². The van der Waals surface area contributed by atoms with Gasteiger partial charge in [0.15, 0.2) is 0 Å². The smallest absolute Gasteiger partial charge is 0.0900 e. The lowest BCUT2D eigenvalue weighted by molar-refractivity contribution is -0.0320. The van der Waals surface area contributed by atoms with Crippen LogP contribution in [0.15, 0.2) is 0 Å². The van der Waals surface area contributed by atoms with Crippen molar-refractivity contribution in [1.82, 2.24) is 4.90 Å². The van der Waals surface area contributed by atoms with E-state index < -0.39 is 6.10 Å². The van der Waals surface area contributed by atoms with Gasteiger partial charge in [-0.3, -0.25) is 0 Å². The first-order valence-electron chi connectivity index (χ1n) is 7.40. The van der Waals surface area contributed by atoms with E-state index in [1.807, 2.05) is 0 Å². The second-order valence-electron chi connectivity index (χ2n) is 5.56. The Morgan fingerprint density at radius 2 is 2.11 bits per heavy atom. The fraction of sp³-hybridized carbons (Fsp3) is 1.00. The number of ether oxygens (including phenoxy) is 3. The summed E-state index contributed by atoms with van der Waals surface area (Å²) in [5.41, 5.74) is 0. The Kier molecular flexibility index (Phi) is 6.53. The summed E-state index contributed by atoms with van der Waals surface area (Å²) in [5.74, 6) is 0. The lowest BCUT2D eigenvalue weighted by atomic mass is 10.1. The van der Waals surface area contributed by atoms with Crippen LogP contribution in [-0.2, 0) is 14.2 Å². The molecule has 0 amide bonds. The number of hydrogen-bond acceptors (Lipinski definition) is 5. The van der Waals surface area contributed by atoms with E-state index in [-0.39, 0.29) is 6.10 Å². The third-order valence-electron chi connectivity index (χ3n) is 3.97. The molecule has 0 aromatic carbocycles. The zero-order valence-electron chi connectivity index (χ0n) is 11.9. The number of aliphatic hydroxyl groups excluding tert-OH is 1. The Balaban J connectivity index is 1.52. The van der Waals surface area contributed by atoms with E-state index in [0.717, 1.165) is 45.4 Å². The Morgan fingerprint density at radius 1 is 1.32 bits per heavy atom. The summed E-state index contributed by atoms with van der Waals surface area (Å²) in [6.45, 7) is 4.57. The molecule has 0 radical (unpaired) electrons. The minimum atomic E-state index is -0.402. The van der Waals surface area contributed by atoms with Gasteiger partial charge in [0.2, 0.25) is 0 Å². The Morgan fingerprint density at radius 3 is 2.74 bits per heavy atom. The summed E-state index contributed by atoms with van der Waals surface area (Å²) in [6.07, 6.45) is 4.56. The highest BCUT2D eigenvalue weighted by molar-refractivity contribution is 4.74. The van der Waals surface area contributed by atoms with Gasteiger partial charge in [-0.25, -0.2) is 0 Å². The van der Waals surface area contributed by atoms with Crippen LogP contribution >= 0.6 is 0 Å². The zero-order chi connectivity index (χ0) is 13.5. The van der Waals surface area contributed by atoms with Crippen molar-refractivity contribution in [3.63, 3.8) is 0 Å². The summed E-state index contributed by atoms with van der Waals surface area (Å²) >= 11 is 0. The van der Waals surface area contributed by atoms with E-state index in [4.69, 9.17) is 14.2 Å². The summed E-state index contributed by atoms with van der Waals surface area (Å²) in [4.78, 5) is 2.29. The van der Waals surface area contributed by atoms with Crippen molar-refractivity contribution in [2.45, 2.75) is 44.0 Å². The Bertz CT molecular complexity index is 238. The minimum absolute atomic E-state index is 0.240. The van der Waals surface area contributed by atoms with Crippen molar-refractivity contribution in [2.75, 3.05) is 46.6 Å². The molecule has 19 heavy (non-hydrogen) atoms. The third kappa shape index (κ3) is 5.36. The largest absolute Gasteiger partial charge is 0.389 e. The molecule has 0 aliphatic carbocycles. The van der Waals surface area contributed by atoms with Crippen molar-refractivity contribution in [3.05, 3.63) is 0 Å². The average Bonchev–Trinajstić information content (AvgIpc) is 2.93. The van der Waals surface area contributed by atoms with E-state index in [0.29, 0.717) is 25.9 Å². The summed E-state index contributed by atoms with van der Waals surface area (Å²) in [7, 11) is 1.77. The van der Waals surface area contributed by atoms with E-state index >= 15 is 0 Å². The number of methoxy groups -OCH3 is 1. The number of piperidine rings is 1. The first-order valence-corrected chi connectivity index (χ1v) is 7.40. The van der Waals surface area contributed by atoms with Crippen LogP contribution < -0.4 is 0 Å².